The first kappa shape index (κ1) is 12.9. The molecule has 11 heteroatoms. The summed E-state index contributed by atoms with van der Waals surface area (Å²) in [5.74, 6) is -0.713. The normalized spacial score (nSPS) is 10.4. The molecule has 19 heavy (non-hydrogen) atoms. The first-order valence-electron chi connectivity index (χ1n) is 4.99. The number of imidazole rings is 1. The summed E-state index contributed by atoms with van der Waals surface area (Å²) in [4.78, 5) is 13.5. The summed E-state index contributed by atoms with van der Waals surface area (Å²) < 4.78 is 28.5. The minimum Gasteiger partial charge on any atom is -0.422 e. The van der Waals surface area contributed by atoms with Crippen LogP contribution in [0.1, 0.15) is 18.6 Å². The maximum Gasteiger partial charge on any atom is 0.343 e. The van der Waals surface area contributed by atoms with Gasteiger partial charge in [-0.2, -0.15) is 8.42 Å². The van der Waals surface area contributed by atoms with Crippen LogP contribution in [-0.2, 0) is 16.8 Å². The van der Waals surface area contributed by atoms with E-state index in [1.807, 2.05) is 0 Å². The Labute approximate surface area is 107 Å². The zero-order valence-electron chi connectivity index (χ0n) is 9.55. The van der Waals surface area contributed by atoms with Crippen LogP contribution >= 0.6 is 0 Å². The van der Waals surface area contributed by atoms with E-state index < -0.39 is 15.2 Å². The molecule has 0 spiro atoms. The second-order valence-corrected chi connectivity index (χ2v) is 4.13. The van der Waals surface area contributed by atoms with Gasteiger partial charge < -0.3 is 14.5 Å². The lowest BCUT2D eigenvalue weighted by atomic mass is 10.4. The van der Waals surface area contributed by atoms with E-state index in [9.17, 15) is 18.5 Å². The van der Waals surface area contributed by atoms with Gasteiger partial charge in [-0.05, 0) is 11.8 Å². The summed E-state index contributed by atoms with van der Waals surface area (Å²) in [5, 5.41) is 17.6. The molecule has 0 saturated carbocycles. The summed E-state index contributed by atoms with van der Waals surface area (Å²) in [7, 11) is -2.73. The monoisotopic (exact) mass is 285 g/mol. The van der Waals surface area contributed by atoms with Crippen molar-refractivity contribution in [2.75, 3.05) is 0 Å². The second kappa shape index (κ2) is 4.97. The molecule has 10 nitrogen and oxygen atoms in total. The SMILES string of the molecule is CCn1c([N+](=O)[O-])cnc1C(c1nnco1)=S(=O)=O. The molecule has 2 aromatic heterocycles. The van der Waals surface area contributed by atoms with Crippen molar-refractivity contribution in [3.63, 3.8) is 0 Å². The van der Waals surface area contributed by atoms with E-state index >= 15 is 0 Å². The number of nitro groups is 1. The molecule has 2 aromatic rings. The summed E-state index contributed by atoms with van der Waals surface area (Å²) in [6.45, 7) is 1.79. The van der Waals surface area contributed by atoms with Crippen LogP contribution in [0.25, 0.3) is 0 Å². The number of hydrogen-bond acceptors (Lipinski definition) is 8. The summed E-state index contributed by atoms with van der Waals surface area (Å²) in [6.07, 6.45) is 1.93. The van der Waals surface area contributed by atoms with Crippen LogP contribution in [0.3, 0.4) is 0 Å². The van der Waals surface area contributed by atoms with Gasteiger partial charge in [0.05, 0.1) is 6.54 Å². The lowest BCUT2D eigenvalue weighted by molar-refractivity contribution is -0.392. The first-order chi connectivity index (χ1) is 9.06. The molecule has 0 bridgehead atoms. The van der Waals surface area contributed by atoms with E-state index in [0.717, 1.165) is 17.2 Å². The Morgan fingerprint density at radius 3 is 2.79 bits per heavy atom. The fourth-order valence-corrected chi connectivity index (χ4v) is 2.06. The van der Waals surface area contributed by atoms with Gasteiger partial charge in [-0.3, -0.25) is 0 Å². The van der Waals surface area contributed by atoms with Crippen LogP contribution in [-0.4, -0.2) is 38.0 Å². The smallest absolute Gasteiger partial charge is 0.343 e. The molecule has 2 heterocycles. The van der Waals surface area contributed by atoms with E-state index in [1.165, 1.54) is 0 Å². The molecule has 0 radical (unpaired) electrons. The van der Waals surface area contributed by atoms with Crippen LogP contribution in [0.4, 0.5) is 5.82 Å². The van der Waals surface area contributed by atoms with Gasteiger partial charge in [0.1, 0.15) is 6.20 Å². The Hall–Kier alpha value is -2.56. The average molecular weight is 285 g/mol. The molecule has 2 rings (SSSR count). The predicted octanol–water partition coefficient (Wildman–Crippen LogP) is -0.358. The van der Waals surface area contributed by atoms with Crippen LogP contribution in [0.2, 0.25) is 0 Å². The maximum atomic E-state index is 11.3. The van der Waals surface area contributed by atoms with Gasteiger partial charge in [-0.25, -0.2) is 9.55 Å². The standard InChI is InChI=1S/C8H7N5O5S/c1-2-12-5(13(14)15)3-9-7(12)6(19(16)17)8-11-10-4-18-8/h3-4H,2H2,1H3. The molecule has 0 aliphatic heterocycles. The third kappa shape index (κ3) is 2.22. The molecule has 100 valence electrons. The number of nitrogens with zero attached hydrogens (tertiary/aromatic N) is 5. The van der Waals surface area contributed by atoms with Gasteiger partial charge in [0.15, 0.2) is 0 Å². The molecular formula is C8H7N5O5S. The molecule has 0 N–H and O–H groups in total. The number of rotatable bonds is 4. The Morgan fingerprint density at radius 2 is 2.32 bits per heavy atom. The molecule has 0 aliphatic carbocycles. The van der Waals surface area contributed by atoms with Crippen LogP contribution in [0, 0.1) is 10.1 Å². The third-order valence-electron chi connectivity index (χ3n) is 2.26. The van der Waals surface area contributed by atoms with Crippen molar-refractivity contribution in [2.24, 2.45) is 0 Å². The molecule has 0 saturated heterocycles. The molecule has 0 aromatic carbocycles. The highest BCUT2D eigenvalue weighted by Gasteiger charge is 2.28. The molecule has 0 aliphatic rings. The lowest BCUT2D eigenvalue weighted by Gasteiger charge is -1.99. The van der Waals surface area contributed by atoms with Gasteiger partial charge in [-0.15, -0.1) is 10.2 Å². The van der Waals surface area contributed by atoms with Crippen LogP contribution in [0.5, 0.6) is 0 Å². The second-order valence-electron chi connectivity index (χ2n) is 3.25. The number of aromatic nitrogens is 4. The average Bonchev–Trinajstić information content (AvgIpc) is 2.98. The van der Waals surface area contributed by atoms with Gasteiger partial charge in [0, 0.05) is 0 Å². The lowest BCUT2D eigenvalue weighted by Crippen LogP contribution is -2.14. The summed E-state index contributed by atoms with van der Waals surface area (Å²) in [5.41, 5.74) is 0. The van der Waals surface area contributed by atoms with Crippen molar-refractivity contribution >= 4 is 21.0 Å². The van der Waals surface area contributed by atoms with E-state index in [4.69, 9.17) is 4.42 Å². The van der Waals surface area contributed by atoms with E-state index in [-0.39, 0.29) is 28.9 Å². The molecule has 0 fully saturated rings. The van der Waals surface area contributed by atoms with Gasteiger partial charge in [0.2, 0.25) is 27.4 Å². The quantitative estimate of drug-likeness (QED) is 0.322. The highest BCUT2D eigenvalue weighted by Crippen LogP contribution is 2.16. The maximum absolute atomic E-state index is 11.3. The van der Waals surface area contributed by atoms with Crippen molar-refractivity contribution < 1.29 is 17.8 Å². The fourth-order valence-electron chi connectivity index (χ4n) is 1.52. The van der Waals surface area contributed by atoms with Gasteiger partial charge >= 0.3 is 5.82 Å². The summed E-state index contributed by atoms with van der Waals surface area (Å²) >= 11 is 0. The molecular weight excluding hydrogens is 278 g/mol. The highest BCUT2D eigenvalue weighted by atomic mass is 32.2. The topological polar surface area (TPSA) is 134 Å². The Kier molecular flexibility index (Phi) is 3.37. The van der Waals surface area contributed by atoms with Gasteiger partial charge in [-0.1, -0.05) is 0 Å². The van der Waals surface area contributed by atoms with E-state index in [0.29, 0.717) is 0 Å². The summed E-state index contributed by atoms with van der Waals surface area (Å²) in [6, 6.07) is 0. The van der Waals surface area contributed by atoms with Crippen molar-refractivity contribution in [1.29, 1.82) is 0 Å². The minimum absolute atomic E-state index is 0.119. The van der Waals surface area contributed by atoms with Gasteiger partial charge in [0.25, 0.3) is 5.89 Å². The minimum atomic E-state index is -2.73. The molecule has 0 atom stereocenters. The zero-order chi connectivity index (χ0) is 14.0. The zero-order valence-corrected chi connectivity index (χ0v) is 10.4. The van der Waals surface area contributed by atoms with Crippen molar-refractivity contribution in [3.8, 4) is 0 Å². The Balaban J connectivity index is 2.71. The predicted molar refractivity (Wildman–Crippen MR) is 61.0 cm³/mol. The Bertz CT molecular complexity index is 737. The highest BCUT2D eigenvalue weighted by molar-refractivity contribution is 7.73. The van der Waals surface area contributed by atoms with Crippen molar-refractivity contribution in [1.82, 2.24) is 19.7 Å². The van der Waals surface area contributed by atoms with Crippen LogP contribution < -0.4 is 0 Å². The van der Waals surface area contributed by atoms with E-state index in [2.05, 4.69) is 15.2 Å². The third-order valence-corrected chi connectivity index (χ3v) is 2.95. The largest absolute Gasteiger partial charge is 0.422 e. The molecule has 0 unspecified atom stereocenters. The first-order valence-corrected chi connectivity index (χ1v) is 6.06. The molecule has 0 amide bonds. The van der Waals surface area contributed by atoms with Crippen molar-refractivity contribution in [2.45, 2.75) is 13.5 Å². The van der Waals surface area contributed by atoms with Crippen LogP contribution in [0.15, 0.2) is 17.0 Å². The Morgan fingerprint density at radius 1 is 1.58 bits per heavy atom. The van der Waals surface area contributed by atoms with Crippen molar-refractivity contribution in [3.05, 3.63) is 34.4 Å². The fraction of sp³-hybridized carbons (Fsp3) is 0.250. The number of hydrogen-bond donors (Lipinski definition) is 0. The van der Waals surface area contributed by atoms with E-state index in [1.54, 1.807) is 6.92 Å².